The van der Waals surface area contributed by atoms with Crippen molar-refractivity contribution >= 4 is 17.8 Å². The predicted octanol–water partition coefficient (Wildman–Crippen LogP) is 0.177. The summed E-state index contributed by atoms with van der Waals surface area (Å²) >= 11 is 0. The highest BCUT2D eigenvalue weighted by Crippen LogP contribution is 2.10. The summed E-state index contributed by atoms with van der Waals surface area (Å²) in [6, 6.07) is 0. The Bertz CT molecular complexity index is 418. The summed E-state index contributed by atoms with van der Waals surface area (Å²) < 4.78 is 12.5. The molecule has 90 valence electrons. The quantitative estimate of drug-likeness (QED) is 0.757. The number of aromatic nitrogens is 2. The summed E-state index contributed by atoms with van der Waals surface area (Å²) in [7, 11) is 0. The molecular weight excluding hydrogens is 227 g/mol. The summed E-state index contributed by atoms with van der Waals surface area (Å²) in [4.78, 5) is 31.1. The third kappa shape index (κ3) is 2.74. The minimum absolute atomic E-state index is 0.156. The second-order valence-electron chi connectivity index (χ2n) is 3.59. The van der Waals surface area contributed by atoms with Crippen molar-refractivity contribution in [1.29, 1.82) is 0 Å². The van der Waals surface area contributed by atoms with Crippen molar-refractivity contribution in [2.75, 3.05) is 18.4 Å². The summed E-state index contributed by atoms with van der Waals surface area (Å²) in [6.07, 6.45) is 2.65. The molecule has 0 bridgehead atoms. The average molecular weight is 238 g/mol. The van der Waals surface area contributed by atoms with E-state index >= 15 is 0 Å². The first kappa shape index (κ1) is 11.4. The standard InChI is InChI=1S/C10H11FN4O2/c11-7-5-13-10(14-6-7)12-3-4-15-8(16)1-2-9(15)17/h5-6H,1-4H2,(H,12,13,14). The Morgan fingerprint density at radius 2 is 1.82 bits per heavy atom. The number of anilines is 1. The van der Waals surface area contributed by atoms with E-state index in [9.17, 15) is 14.0 Å². The third-order valence-electron chi connectivity index (χ3n) is 2.39. The van der Waals surface area contributed by atoms with Gasteiger partial charge in [0.2, 0.25) is 17.8 Å². The Labute approximate surface area is 96.9 Å². The van der Waals surface area contributed by atoms with Crippen LogP contribution in [0, 0.1) is 5.82 Å². The van der Waals surface area contributed by atoms with Crippen LogP contribution in [0.25, 0.3) is 0 Å². The van der Waals surface area contributed by atoms with Crippen LogP contribution in [0.1, 0.15) is 12.8 Å². The van der Waals surface area contributed by atoms with Crippen molar-refractivity contribution in [3.8, 4) is 0 Å². The van der Waals surface area contributed by atoms with E-state index in [0.29, 0.717) is 6.54 Å². The molecule has 1 aromatic heterocycles. The molecule has 2 rings (SSSR count). The number of carbonyl (C=O) groups excluding carboxylic acids is 2. The van der Waals surface area contributed by atoms with E-state index in [0.717, 1.165) is 12.4 Å². The molecule has 1 aliphatic heterocycles. The molecule has 1 fully saturated rings. The topological polar surface area (TPSA) is 75.2 Å². The van der Waals surface area contributed by atoms with Crippen LogP contribution in [0.2, 0.25) is 0 Å². The van der Waals surface area contributed by atoms with Crippen LogP contribution < -0.4 is 5.32 Å². The van der Waals surface area contributed by atoms with Gasteiger partial charge in [0.1, 0.15) is 0 Å². The number of amides is 2. The van der Waals surface area contributed by atoms with Crippen LogP contribution in [0.3, 0.4) is 0 Å². The van der Waals surface area contributed by atoms with E-state index < -0.39 is 5.82 Å². The first-order chi connectivity index (χ1) is 8.16. The van der Waals surface area contributed by atoms with Gasteiger partial charge in [-0.2, -0.15) is 0 Å². The molecule has 2 amide bonds. The predicted molar refractivity (Wildman–Crippen MR) is 56.4 cm³/mol. The maximum Gasteiger partial charge on any atom is 0.229 e. The Hall–Kier alpha value is -2.05. The lowest BCUT2D eigenvalue weighted by molar-refractivity contribution is -0.138. The molecule has 0 radical (unpaired) electrons. The molecule has 1 saturated heterocycles. The normalized spacial score (nSPS) is 15.5. The van der Waals surface area contributed by atoms with Crippen molar-refractivity contribution in [2.45, 2.75) is 12.8 Å². The van der Waals surface area contributed by atoms with Gasteiger partial charge < -0.3 is 5.32 Å². The SMILES string of the molecule is O=C1CCC(=O)N1CCNc1ncc(F)cn1. The Kier molecular flexibility index (Phi) is 3.27. The molecule has 17 heavy (non-hydrogen) atoms. The summed E-state index contributed by atoms with van der Waals surface area (Å²) in [5.74, 6) is -0.556. The molecule has 0 aromatic carbocycles. The van der Waals surface area contributed by atoms with Gasteiger partial charge in [0.05, 0.1) is 12.4 Å². The molecule has 1 aromatic rings. The number of hydrogen-bond donors (Lipinski definition) is 1. The highest BCUT2D eigenvalue weighted by atomic mass is 19.1. The van der Waals surface area contributed by atoms with Crippen molar-refractivity contribution < 1.29 is 14.0 Å². The smallest absolute Gasteiger partial charge is 0.229 e. The molecule has 6 nitrogen and oxygen atoms in total. The first-order valence-electron chi connectivity index (χ1n) is 5.21. The van der Waals surface area contributed by atoms with E-state index in [4.69, 9.17) is 0 Å². The van der Waals surface area contributed by atoms with Crippen molar-refractivity contribution in [3.05, 3.63) is 18.2 Å². The second kappa shape index (κ2) is 4.86. The van der Waals surface area contributed by atoms with Gasteiger partial charge in [0, 0.05) is 25.9 Å². The van der Waals surface area contributed by atoms with Crippen LogP contribution in [0.15, 0.2) is 12.4 Å². The lowest BCUT2D eigenvalue weighted by Crippen LogP contribution is -2.33. The fourth-order valence-corrected chi connectivity index (χ4v) is 1.56. The van der Waals surface area contributed by atoms with Gasteiger partial charge in [0.15, 0.2) is 5.82 Å². The monoisotopic (exact) mass is 238 g/mol. The average Bonchev–Trinajstić information content (AvgIpc) is 2.63. The molecule has 1 N–H and O–H groups in total. The number of halogens is 1. The summed E-state index contributed by atoms with van der Waals surface area (Å²) in [6.45, 7) is 0.627. The number of carbonyl (C=O) groups is 2. The number of likely N-dealkylation sites (tertiary alicyclic amines) is 1. The molecule has 1 aliphatic rings. The van der Waals surface area contributed by atoms with Crippen molar-refractivity contribution in [2.24, 2.45) is 0 Å². The number of imide groups is 1. The van der Waals surface area contributed by atoms with Crippen LogP contribution in [0.4, 0.5) is 10.3 Å². The van der Waals surface area contributed by atoms with E-state index in [1.54, 1.807) is 0 Å². The number of nitrogens with one attached hydrogen (secondary N) is 1. The Morgan fingerprint density at radius 1 is 1.24 bits per heavy atom. The zero-order chi connectivity index (χ0) is 12.3. The first-order valence-corrected chi connectivity index (χ1v) is 5.21. The van der Waals surface area contributed by atoms with Gasteiger partial charge in [-0.25, -0.2) is 14.4 Å². The minimum Gasteiger partial charge on any atom is -0.352 e. The molecule has 0 aliphatic carbocycles. The Morgan fingerprint density at radius 3 is 2.41 bits per heavy atom. The fraction of sp³-hybridized carbons (Fsp3) is 0.400. The third-order valence-corrected chi connectivity index (χ3v) is 2.39. The molecule has 7 heteroatoms. The van der Waals surface area contributed by atoms with Gasteiger partial charge >= 0.3 is 0 Å². The zero-order valence-corrected chi connectivity index (χ0v) is 9.02. The molecule has 0 atom stereocenters. The number of rotatable bonds is 4. The van der Waals surface area contributed by atoms with E-state index in [2.05, 4.69) is 15.3 Å². The zero-order valence-electron chi connectivity index (χ0n) is 9.02. The maximum absolute atomic E-state index is 12.5. The fourth-order valence-electron chi connectivity index (χ4n) is 1.56. The van der Waals surface area contributed by atoms with Crippen LogP contribution in [0.5, 0.6) is 0 Å². The molecule has 2 heterocycles. The van der Waals surface area contributed by atoms with E-state index in [1.807, 2.05) is 0 Å². The van der Waals surface area contributed by atoms with Crippen LogP contribution in [-0.2, 0) is 9.59 Å². The van der Waals surface area contributed by atoms with E-state index in [1.165, 1.54) is 4.90 Å². The number of hydrogen-bond acceptors (Lipinski definition) is 5. The minimum atomic E-state index is -0.513. The summed E-state index contributed by atoms with van der Waals surface area (Å²) in [5, 5.41) is 2.80. The van der Waals surface area contributed by atoms with Crippen molar-refractivity contribution in [1.82, 2.24) is 14.9 Å². The molecule has 0 spiro atoms. The molecule has 0 saturated carbocycles. The largest absolute Gasteiger partial charge is 0.352 e. The lowest BCUT2D eigenvalue weighted by Gasteiger charge is -2.13. The van der Waals surface area contributed by atoms with Gasteiger partial charge in [-0.15, -0.1) is 0 Å². The van der Waals surface area contributed by atoms with Gasteiger partial charge in [0.25, 0.3) is 0 Å². The molecular formula is C10H11FN4O2. The van der Waals surface area contributed by atoms with Crippen LogP contribution in [-0.4, -0.2) is 39.8 Å². The van der Waals surface area contributed by atoms with Gasteiger partial charge in [-0.05, 0) is 0 Å². The van der Waals surface area contributed by atoms with Gasteiger partial charge in [-0.1, -0.05) is 0 Å². The van der Waals surface area contributed by atoms with Crippen LogP contribution >= 0.6 is 0 Å². The highest BCUT2D eigenvalue weighted by Gasteiger charge is 2.27. The highest BCUT2D eigenvalue weighted by molar-refractivity contribution is 6.01. The van der Waals surface area contributed by atoms with Gasteiger partial charge in [-0.3, -0.25) is 14.5 Å². The molecule has 0 unspecified atom stereocenters. The number of nitrogens with zero attached hydrogens (tertiary/aromatic N) is 3. The van der Waals surface area contributed by atoms with Crippen molar-refractivity contribution in [3.63, 3.8) is 0 Å². The Balaban J connectivity index is 1.81. The second-order valence-corrected chi connectivity index (χ2v) is 3.59. The maximum atomic E-state index is 12.5. The lowest BCUT2D eigenvalue weighted by atomic mass is 10.4. The summed E-state index contributed by atoms with van der Waals surface area (Å²) in [5.41, 5.74) is 0. The van der Waals surface area contributed by atoms with E-state index in [-0.39, 0.29) is 37.1 Å².